The second-order valence-electron chi connectivity index (χ2n) is 5.06. The van der Waals surface area contributed by atoms with Crippen molar-refractivity contribution in [2.24, 2.45) is 0 Å². The maximum absolute atomic E-state index is 11.9. The summed E-state index contributed by atoms with van der Waals surface area (Å²) in [7, 11) is 0. The van der Waals surface area contributed by atoms with Gasteiger partial charge in [0.15, 0.2) is 0 Å². The first-order valence-electron chi connectivity index (χ1n) is 5.78. The van der Waals surface area contributed by atoms with Crippen molar-refractivity contribution in [1.82, 2.24) is 10.2 Å². The minimum atomic E-state index is -0.565. The van der Waals surface area contributed by atoms with Gasteiger partial charge in [-0.25, -0.2) is 4.79 Å². The molecule has 0 radical (unpaired) electrons. The van der Waals surface area contributed by atoms with Gasteiger partial charge in [0, 0.05) is 11.5 Å². The van der Waals surface area contributed by atoms with Crippen molar-refractivity contribution in [3.05, 3.63) is 0 Å². The van der Waals surface area contributed by atoms with Gasteiger partial charge >= 0.3 is 6.09 Å². The molecule has 0 aromatic rings. The molecule has 0 spiro atoms. The van der Waals surface area contributed by atoms with Crippen LogP contribution in [0.1, 0.15) is 20.8 Å². The highest BCUT2D eigenvalue weighted by Crippen LogP contribution is 2.21. The number of alkyl carbamates (subject to hydrolysis) is 1. The molecule has 0 aromatic heterocycles. The Balaban J connectivity index is 2.35. The number of thioether (sulfide) groups is 1. The zero-order valence-electron chi connectivity index (χ0n) is 10.9. The monoisotopic (exact) mass is 292 g/mol. The van der Waals surface area contributed by atoms with E-state index in [0.717, 1.165) is 5.75 Å². The van der Waals surface area contributed by atoms with Crippen molar-refractivity contribution in [2.45, 2.75) is 32.4 Å². The second-order valence-corrected chi connectivity index (χ2v) is 6.42. The number of hydrogen-bond acceptors (Lipinski definition) is 5. The molecular weight excluding hydrogens is 272 g/mol. The third-order valence-electron chi connectivity index (χ3n) is 2.30. The summed E-state index contributed by atoms with van der Waals surface area (Å²) >= 11 is 5.91. The van der Waals surface area contributed by atoms with Crippen LogP contribution in [0, 0.1) is 0 Å². The lowest BCUT2D eigenvalue weighted by molar-refractivity contribution is -0.130. The quantitative estimate of drug-likeness (QED) is 0.771. The number of hydrogen-bond donors (Lipinski definition) is 2. The number of ether oxygens (including phenoxy) is 1. The van der Waals surface area contributed by atoms with Gasteiger partial charge in [0.2, 0.25) is 5.91 Å². The number of nitrogens with zero attached hydrogens (tertiary/aromatic N) is 1. The molecule has 1 saturated heterocycles. The normalized spacial score (nSPS) is 19.8. The number of rotatable bonds is 3. The van der Waals surface area contributed by atoms with Crippen LogP contribution in [0.15, 0.2) is 0 Å². The fraction of sp³-hybridized carbons (Fsp3) is 0.818. The van der Waals surface area contributed by atoms with E-state index >= 15 is 0 Å². The predicted octanol–water partition coefficient (Wildman–Crippen LogP) is 1.34. The molecule has 1 aliphatic heterocycles. The highest BCUT2D eigenvalue weighted by Gasteiger charge is 2.28. The zero-order valence-corrected chi connectivity index (χ0v) is 12.6. The van der Waals surface area contributed by atoms with Gasteiger partial charge in [-0.15, -0.1) is 11.8 Å². The van der Waals surface area contributed by atoms with Crippen molar-refractivity contribution in [3.63, 3.8) is 0 Å². The highest BCUT2D eigenvalue weighted by atomic mass is 32.2. The Morgan fingerprint density at radius 2 is 2.17 bits per heavy atom. The topological polar surface area (TPSA) is 58.6 Å². The van der Waals surface area contributed by atoms with Crippen molar-refractivity contribution in [2.75, 3.05) is 23.9 Å². The van der Waals surface area contributed by atoms with Gasteiger partial charge in [0.1, 0.15) is 12.1 Å². The maximum Gasteiger partial charge on any atom is 0.408 e. The summed E-state index contributed by atoms with van der Waals surface area (Å²) < 4.78 is 5.06. The van der Waals surface area contributed by atoms with Crippen molar-refractivity contribution >= 4 is 36.4 Å². The fourth-order valence-corrected chi connectivity index (χ4v) is 3.20. The lowest BCUT2D eigenvalue weighted by atomic mass is 10.2. The largest absolute Gasteiger partial charge is 0.444 e. The van der Waals surface area contributed by atoms with Crippen LogP contribution in [0.5, 0.6) is 0 Å². The number of thiol groups is 1. The fourth-order valence-electron chi connectivity index (χ4n) is 1.47. The predicted molar refractivity (Wildman–Crippen MR) is 76.0 cm³/mol. The Labute approximate surface area is 117 Å². The van der Waals surface area contributed by atoms with E-state index in [1.165, 1.54) is 0 Å². The molecule has 0 aromatic carbocycles. The van der Waals surface area contributed by atoms with E-state index in [2.05, 4.69) is 17.9 Å². The Bertz CT molecular complexity index is 318. The van der Waals surface area contributed by atoms with Crippen LogP contribution in [0.25, 0.3) is 0 Å². The summed E-state index contributed by atoms with van der Waals surface area (Å²) in [6.45, 7) is 5.31. The Morgan fingerprint density at radius 1 is 1.50 bits per heavy atom. The Morgan fingerprint density at radius 3 is 2.72 bits per heavy atom. The first-order chi connectivity index (χ1) is 8.33. The molecule has 1 N–H and O–H groups in total. The van der Waals surface area contributed by atoms with E-state index < -0.39 is 11.7 Å². The first-order valence-corrected chi connectivity index (χ1v) is 7.57. The third-order valence-corrected chi connectivity index (χ3v) is 3.80. The second kappa shape index (κ2) is 6.56. The van der Waals surface area contributed by atoms with E-state index in [-0.39, 0.29) is 18.5 Å². The number of carbonyl (C=O) groups is 2. The van der Waals surface area contributed by atoms with Gasteiger partial charge in [0.25, 0.3) is 0 Å². The van der Waals surface area contributed by atoms with Crippen molar-refractivity contribution in [1.29, 1.82) is 0 Å². The molecule has 0 bridgehead atoms. The summed E-state index contributed by atoms with van der Waals surface area (Å²) in [5, 5.41) is 2.47. The Kier molecular flexibility index (Phi) is 5.65. The van der Waals surface area contributed by atoms with E-state index in [9.17, 15) is 9.59 Å². The molecule has 5 nitrogen and oxygen atoms in total. The molecule has 0 saturated carbocycles. The van der Waals surface area contributed by atoms with Crippen LogP contribution in [0.2, 0.25) is 0 Å². The van der Waals surface area contributed by atoms with Crippen LogP contribution < -0.4 is 5.32 Å². The van der Waals surface area contributed by atoms with Gasteiger partial charge in [-0.1, -0.05) is 0 Å². The molecule has 0 unspecified atom stereocenters. The summed E-state index contributed by atoms with van der Waals surface area (Å²) in [6.07, 6.45) is -0.565. The molecule has 1 aliphatic rings. The molecular formula is C11H20N2O3S2. The van der Waals surface area contributed by atoms with Crippen LogP contribution in [0.3, 0.4) is 0 Å². The molecule has 18 heavy (non-hydrogen) atoms. The Hall–Kier alpha value is -0.560. The van der Waals surface area contributed by atoms with Gasteiger partial charge in [-0.3, -0.25) is 4.79 Å². The van der Waals surface area contributed by atoms with Crippen molar-refractivity contribution in [3.8, 4) is 0 Å². The van der Waals surface area contributed by atoms with E-state index in [0.29, 0.717) is 11.6 Å². The molecule has 104 valence electrons. The average Bonchev–Trinajstić information content (AvgIpc) is 2.71. The highest BCUT2D eigenvalue weighted by molar-refractivity contribution is 7.99. The van der Waals surface area contributed by atoms with Crippen molar-refractivity contribution < 1.29 is 14.3 Å². The molecule has 7 heteroatoms. The molecule has 1 fully saturated rings. The SMILES string of the molecule is CC(C)(C)OC(=O)NCC(=O)N1CSC[C@H]1CS. The van der Waals surface area contributed by atoms with E-state index in [1.807, 2.05) is 0 Å². The molecule has 0 aliphatic carbocycles. The smallest absolute Gasteiger partial charge is 0.408 e. The van der Waals surface area contributed by atoms with Gasteiger partial charge in [-0.05, 0) is 20.8 Å². The first kappa shape index (κ1) is 15.5. The molecule has 2 amide bonds. The number of amides is 2. The van der Waals surface area contributed by atoms with Crippen LogP contribution in [0.4, 0.5) is 4.79 Å². The minimum Gasteiger partial charge on any atom is -0.444 e. The van der Waals surface area contributed by atoms with Gasteiger partial charge in [-0.2, -0.15) is 12.6 Å². The van der Waals surface area contributed by atoms with Crippen LogP contribution in [-0.2, 0) is 9.53 Å². The van der Waals surface area contributed by atoms with Crippen LogP contribution >= 0.6 is 24.4 Å². The average molecular weight is 292 g/mol. The summed E-state index contributed by atoms with van der Waals surface area (Å²) in [4.78, 5) is 25.0. The number of nitrogens with one attached hydrogen (secondary N) is 1. The minimum absolute atomic E-state index is 0.0280. The molecule has 1 heterocycles. The number of carbonyl (C=O) groups excluding carboxylic acids is 2. The summed E-state index contributed by atoms with van der Waals surface area (Å²) in [5.41, 5.74) is -0.551. The standard InChI is InChI=1S/C11H20N2O3S2/c1-11(2,3)16-10(15)12-4-9(14)13-7-18-6-8(13)5-17/h8,17H,4-7H2,1-3H3,(H,12,15)/t8-/m1/s1. The summed E-state index contributed by atoms with van der Waals surface area (Å²) in [6, 6.07) is 0.159. The van der Waals surface area contributed by atoms with E-state index in [1.54, 1.807) is 37.4 Å². The lowest BCUT2D eigenvalue weighted by Gasteiger charge is -2.23. The molecule has 1 rings (SSSR count). The van der Waals surface area contributed by atoms with Crippen LogP contribution in [-0.4, -0.2) is 52.5 Å². The molecule has 1 atom stereocenters. The zero-order chi connectivity index (χ0) is 13.8. The van der Waals surface area contributed by atoms with Gasteiger partial charge in [0.05, 0.1) is 11.9 Å². The van der Waals surface area contributed by atoms with Gasteiger partial charge < -0.3 is 15.0 Å². The maximum atomic E-state index is 11.9. The lowest BCUT2D eigenvalue weighted by Crippen LogP contribution is -2.44. The summed E-state index contributed by atoms with van der Waals surface area (Å²) in [5.74, 6) is 2.12. The van der Waals surface area contributed by atoms with E-state index in [4.69, 9.17) is 4.74 Å². The third kappa shape index (κ3) is 4.97.